The fourth-order valence-electron chi connectivity index (χ4n) is 1.18. The van der Waals surface area contributed by atoms with Crippen LogP contribution in [0.5, 0.6) is 0 Å². The van der Waals surface area contributed by atoms with Crippen LogP contribution in [0.4, 0.5) is 0 Å². The Morgan fingerprint density at radius 1 is 1.47 bits per heavy atom. The highest BCUT2D eigenvalue weighted by Crippen LogP contribution is 2.19. The zero-order chi connectivity index (χ0) is 13.5. The Morgan fingerprint density at radius 3 is 2.47 bits per heavy atom. The Kier molecular flexibility index (Phi) is 6.79. The normalized spacial score (nSPS) is 12.7. The fraction of sp³-hybridized carbons (Fsp3) is 0.800. The molecule has 0 aromatic carbocycles. The summed E-state index contributed by atoms with van der Waals surface area (Å²) in [4.78, 5) is 36.8. The Morgan fingerprint density at radius 2 is 2.06 bits per heavy atom. The van der Waals surface area contributed by atoms with Crippen LogP contribution in [0.15, 0.2) is 5.34 Å². The van der Waals surface area contributed by atoms with E-state index in [1.54, 1.807) is 13.8 Å². The molecule has 0 fully saturated rings. The number of carbonyl (C=O) groups excluding carboxylic acids is 2. The molecule has 0 radical (unpaired) electrons. The topological polar surface area (TPSA) is 84.8 Å². The van der Waals surface area contributed by atoms with Gasteiger partial charge in [-0.2, -0.15) is 12.6 Å². The van der Waals surface area contributed by atoms with Crippen molar-refractivity contribution in [3.05, 3.63) is 4.91 Å². The molecular formula is C10H18N2O4S. The van der Waals surface area contributed by atoms with Gasteiger partial charge in [0.2, 0.25) is 5.91 Å². The van der Waals surface area contributed by atoms with Crippen molar-refractivity contribution in [1.82, 2.24) is 5.32 Å². The van der Waals surface area contributed by atoms with E-state index in [9.17, 15) is 14.5 Å². The molecule has 1 atom stereocenters. The maximum absolute atomic E-state index is 11.5. The lowest BCUT2D eigenvalue weighted by Gasteiger charge is -2.27. The van der Waals surface area contributed by atoms with Crippen LogP contribution in [-0.2, 0) is 14.4 Å². The molecule has 0 rings (SSSR count). The summed E-state index contributed by atoms with van der Waals surface area (Å²) in [5.41, 5.74) is 0. The Hall–Kier alpha value is -1.11. The Labute approximate surface area is 106 Å². The predicted octanol–water partition coefficient (Wildman–Crippen LogP) is 1.59. The molecule has 7 heteroatoms. The van der Waals surface area contributed by atoms with E-state index in [1.807, 2.05) is 6.92 Å². The number of nitrogens with zero attached hydrogens (tertiary/aromatic N) is 1. The van der Waals surface area contributed by atoms with E-state index < -0.39 is 16.8 Å². The molecule has 1 N–H and O–H groups in total. The van der Waals surface area contributed by atoms with Gasteiger partial charge in [0.1, 0.15) is 6.04 Å². The van der Waals surface area contributed by atoms with E-state index in [0.29, 0.717) is 6.42 Å². The van der Waals surface area contributed by atoms with E-state index in [0.717, 1.165) is 12.8 Å². The third-order valence-electron chi connectivity index (χ3n) is 2.13. The maximum Gasteiger partial charge on any atom is 0.362 e. The van der Waals surface area contributed by atoms with Crippen molar-refractivity contribution in [1.29, 1.82) is 0 Å². The van der Waals surface area contributed by atoms with Crippen molar-refractivity contribution in [2.24, 2.45) is 5.34 Å². The minimum absolute atomic E-state index is 0.276. The average Bonchev–Trinajstić information content (AvgIpc) is 2.21. The highest BCUT2D eigenvalue weighted by Gasteiger charge is 2.35. The van der Waals surface area contributed by atoms with Crippen LogP contribution >= 0.6 is 12.6 Å². The number of carbonyl (C=O) groups is 2. The Balaban J connectivity index is 4.55. The van der Waals surface area contributed by atoms with Crippen molar-refractivity contribution >= 4 is 24.5 Å². The van der Waals surface area contributed by atoms with Crippen LogP contribution in [0.25, 0.3) is 0 Å². The molecule has 0 spiro atoms. The van der Waals surface area contributed by atoms with Gasteiger partial charge >= 0.3 is 5.97 Å². The molecule has 0 bridgehead atoms. The van der Waals surface area contributed by atoms with E-state index in [1.165, 1.54) is 0 Å². The summed E-state index contributed by atoms with van der Waals surface area (Å²) in [6.45, 7) is 5.22. The predicted molar refractivity (Wildman–Crippen MR) is 66.4 cm³/mol. The van der Waals surface area contributed by atoms with Crippen molar-refractivity contribution in [2.45, 2.75) is 50.8 Å². The molecule has 0 saturated carbocycles. The van der Waals surface area contributed by atoms with Crippen LogP contribution in [0.2, 0.25) is 0 Å². The van der Waals surface area contributed by atoms with Crippen LogP contribution in [0.3, 0.4) is 0 Å². The quantitative estimate of drug-likeness (QED) is 0.414. The third kappa shape index (κ3) is 6.25. The summed E-state index contributed by atoms with van der Waals surface area (Å²) in [6, 6.07) is -1.01. The monoisotopic (exact) mass is 262 g/mol. The van der Waals surface area contributed by atoms with Crippen molar-refractivity contribution in [2.75, 3.05) is 0 Å². The molecule has 0 aromatic heterocycles. The zero-order valence-electron chi connectivity index (χ0n) is 10.2. The highest BCUT2D eigenvalue weighted by molar-refractivity contribution is 7.81. The maximum atomic E-state index is 11.5. The summed E-state index contributed by atoms with van der Waals surface area (Å²) in [6.07, 6.45) is 1.92. The molecule has 0 saturated heterocycles. The first-order chi connectivity index (χ1) is 7.82. The van der Waals surface area contributed by atoms with Crippen LogP contribution in [0, 0.1) is 4.91 Å². The molecule has 6 nitrogen and oxygen atoms in total. The van der Waals surface area contributed by atoms with Gasteiger partial charge in [-0.05, 0) is 20.3 Å². The molecule has 98 valence electrons. The fourth-order valence-corrected chi connectivity index (χ4v) is 1.35. The molecule has 0 heterocycles. The first-order valence-electron chi connectivity index (χ1n) is 5.38. The SMILES string of the molecule is CCCCC(=O)N[C@H](C(=O)ON=O)C(C)(C)S. The number of rotatable bonds is 7. The largest absolute Gasteiger partial charge is 0.362 e. The van der Waals surface area contributed by atoms with E-state index in [2.05, 4.69) is 28.1 Å². The van der Waals surface area contributed by atoms with E-state index in [-0.39, 0.29) is 5.91 Å². The smallest absolute Gasteiger partial charge is 0.342 e. The van der Waals surface area contributed by atoms with Crippen molar-refractivity contribution in [3.8, 4) is 0 Å². The molecule has 0 aliphatic rings. The van der Waals surface area contributed by atoms with Gasteiger partial charge in [-0.25, -0.2) is 4.79 Å². The van der Waals surface area contributed by atoms with E-state index in [4.69, 9.17) is 0 Å². The average molecular weight is 262 g/mol. The lowest BCUT2D eigenvalue weighted by Crippen LogP contribution is -2.51. The summed E-state index contributed by atoms with van der Waals surface area (Å²) in [5.74, 6) is -1.19. The minimum atomic E-state index is -1.01. The second-order valence-corrected chi connectivity index (χ2v) is 5.40. The molecule has 17 heavy (non-hydrogen) atoms. The summed E-state index contributed by atoms with van der Waals surface area (Å²) < 4.78 is -0.844. The Bertz CT molecular complexity index is 289. The minimum Gasteiger partial charge on any atom is -0.342 e. The van der Waals surface area contributed by atoms with Crippen LogP contribution in [0.1, 0.15) is 40.0 Å². The van der Waals surface area contributed by atoms with E-state index >= 15 is 0 Å². The standard InChI is InChI=1S/C10H18N2O4S/c1-4-5-6-7(13)11-8(10(2,3)17)9(14)16-12-15/h8,17H,4-6H2,1-3H3,(H,11,13)/t8-/m1/s1. The second kappa shape index (κ2) is 7.26. The lowest BCUT2D eigenvalue weighted by atomic mass is 10.0. The zero-order valence-corrected chi connectivity index (χ0v) is 11.1. The molecule has 0 unspecified atom stereocenters. The van der Waals surface area contributed by atoms with Gasteiger partial charge < -0.3 is 5.32 Å². The van der Waals surface area contributed by atoms with Gasteiger partial charge in [-0.1, -0.05) is 13.3 Å². The summed E-state index contributed by atoms with van der Waals surface area (Å²) in [7, 11) is 0. The molecular weight excluding hydrogens is 244 g/mol. The number of unbranched alkanes of at least 4 members (excludes halogenated alkanes) is 1. The number of nitrogens with one attached hydrogen (secondary N) is 1. The van der Waals surface area contributed by atoms with Gasteiger partial charge in [-0.15, -0.1) is 4.91 Å². The summed E-state index contributed by atoms with van der Waals surface area (Å²) in [5, 5.41) is 4.54. The van der Waals surface area contributed by atoms with Gasteiger partial charge in [0.25, 0.3) is 0 Å². The van der Waals surface area contributed by atoms with Gasteiger partial charge in [0, 0.05) is 11.2 Å². The number of amides is 1. The third-order valence-corrected chi connectivity index (χ3v) is 2.39. The molecule has 1 amide bonds. The van der Waals surface area contributed by atoms with Crippen molar-refractivity contribution < 1.29 is 14.4 Å². The van der Waals surface area contributed by atoms with Crippen LogP contribution < -0.4 is 5.32 Å². The van der Waals surface area contributed by atoms with Gasteiger partial charge in [0.15, 0.2) is 5.34 Å². The van der Waals surface area contributed by atoms with Gasteiger partial charge in [-0.3, -0.25) is 9.63 Å². The number of thiol groups is 1. The van der Waals surface area contributed by atoms with Crippen LogP contribution in [-0.4, -0.2) is 22.7 Å². The molecule has 0 aromatic rings. The number of hydrogen-bond acceptors (Lipinski definition) is 6. The molecule has 0 aliphatic carbocycles. The second-order valence-electron chi connectivity index (χ2n) is 4.24. The molecule has 0 aliphatic heterocycles. The summed E-state index contributed by atoms with van der Waals surface area (Å²) >= 11 is 4.19. The first-order valence-corrected chi connectivity index (χ1v) is 5.83. The van der Waals surface area contributed by atoms with Gasteiger partial charge in [0.05, 0.1) is 0 Å². The highest BCUT2D eigenvalue weighted by atomic mass is 32.1. The number of hydrogen-bond donors (Lipinski definition) is 2. The van der Waals surface area contributed by atoms with Crippen molar-refractivity contribution in [3.63, 3.8) is 0 Å². The lowest BCUT2D eigenvalue weighted by molar-refractivity contribution is -0.148. The first kappa shape index (κ1) is 15.9.